The highest BCUT2D eigenvalue weighted by molar-refractivity contribution is 7.99. The Bertz CT molecular complexity index is 1100. The van der Waals surface area contributed by atoms with E-state index in [-0.39, 0.29) is 12.5 Å². The third kappa shape index (κ3) is 4.62. The van der Waals surface area contributed by atoms with Crippen LogP contribution in [0.2, 0.25) is 0 Å². The Morgan fingerprint density at radius 1 is 1.20 bits per heavy atom. The lowest BCUT2D eigenvalue weighted by Crippen LogP contribution is -2.20. The summed E-state index contributed by atoms with van der Waals surface area (Å²) < 4.78 is 0. The molecule has 8 nitrogen and oxygen atoms in total. The van der Waals surface area contributed by atoms with Gasteiger partial charge in [-0.2, -0.15) is 0 Å². The largest absolute Gasteiger partial charge is 0.480 e. The Morgan fingerprint density at radius 3 is 2.87 bits per heavy atom. The van der Waals surface area contributed by atoms with Crippen molar-refractivity contribution in [1.29, 1.82) is 0 Å². The molecule has 3 aromatic rings. The van der Waals surface area contributed by atoms with Gasteiger partial charge in [0.05, 0.1) is 11.3 Å². The van der Waals surface area contributed by atoms with Crippen LogP contribution in [0.15, 0.2) is 58.5 Å². The number of aromatic nitrogens is 1. The van der Waals surface area contributed by atoms with E-state index in [1.165, 1.54) is 23.1 Å². The summed E-state index contributed by atoms with van der Waals surface area (Å²) in [5.41, 5.74) is 1.89. The predicted octanol–water partition coefficient (Wildman–Crippen LogP) is 3.14. The number of rotatable bonds is 7. The van der Waals surface area contributed by atoms with Crippen molar-refractivity contribution in [3.8, 4) is 0 Å². The highest BCUT2D eigenvalue weighted by Crippen LogP contribution is 2.39. The second-order valence-electron chi connectivity index (χ2n) is 6.47. The van der Waals surface area contributed by atoms with Gasteiger partial charge in [-0.05, 0) is 29.8 Å². The van der Waals surface area contributed by atoms with E-state index in [0.29, 0.717) is 28.5 Å². The lowest BCUT2D eigenvalue weighted by Gasteiger charge is -2.15. The van der Waals surface area contributed by atoms with Gasteiger partial charge in [-0.3, -0.25) is 14.9 Å². The summed E-state index contributed by atoms with van der Waals surface area (Å²) in [5, 5.41) is 28.4. The number of fused-ring (bicyclic) bond motifs is 2. The van der Waals surface area contributed by atoms with Gasteiger partial charge in [-0.1, -0.05) is 30.0 Å². The van der Waals surface area contributed by atoms with Crippen molar-refractivity contribution in [3.05, 3.63) is 64.7 Å². The van der Waals surface area contributed by atoms with Gasteiger partial charge in [-0.15, -0.1) is 11.3 Å². The van der Waals surface area contributed by atoms with Crippen LogP contribution in [0.3, 0.4) is 0 Å². The van der Waals surface area contributed by atoms with Crippen molar-refractivity contribution in [2.45, 2.75) is 22.6 Å². The Labute approximate surface area is 180 Å². The zero-order valence-corrected chi connectivity index (χ0v) is 17.2. The summed E-state index contributed by atoms with van der Waals surface area (Å²) in [6.07, 6.45) is 0.681. The monoisotopic (exact) mass is 442 g/mol. The van der Waals surface area contributed by atoms with E-state index in [9.17, 15) is 14.7 Å². The molecule has 0 aliphatic carbocycles. The number of amides is 1. The zero-order chi connectivity index (χ0) is 21.1. The number of benzene rings is 2. The first-order valence-electron chi connectivity index (χ1n) is 9.03. The van der Waals surface area contributed by atoms with Crippen molar-refractivity contribution in [2.75, 3.05) is 17.2 Å². The van der Waals surface area contributed by atoms with Gasteiger partial charge in [-0.25, -0.2) is 4.98 Å². The molecule has 5 N–H and O–H groups in total. The van der Waals surface area contributed by atoms with Gasteiger partial charge in [0.15, 0.2) is 5.13 Å². The van der Waals surface area contributed by atoms with Crippen molar-refractivity contribution in [2.24, 2.45) is 0 Å². The molecule has 0 bridgehead atoms. The third-order valence-electron chi connectivity index (χ3n) is 4.33. The molecule has 0 spiro atoms. The van der Waals surface area contributed by atoms with Crippen LogP contribution < -0.4 is 16.0 Å². The minimum absolute atomic E-state index is 0.178. The van der Waals surface area contributed by atoms with Crippen LogP contribution in [0.5, 0.6) is 0 Å². The number of nitrogens with zero attached hydrogens (tertiary/aromatic N) is 1. The molecule has 0 fully saturated rings. The van der Waals surface area contributed by atoms with Crippen molar-refractivity contribution in [3.63, 3.8) is 0 Å². The number of carboxylic acid groups (broad SMARTS) is 1. The molecular weight excluding hydrogens is 424 g/mol. The highest BCUT2D eigenvalue weighted by atomic mass is 32.2. The lowest BCUT2D eigenvalue weighted by molar-refractivity contribution is -0.134. The van der Waals surface area contributed by atoms with Crippen LogP contribution >= 0.6 is 23.1 Å². The number of carbonyl (C=O) groups excluding carboxylic acids is 1. The standard InChI is InChI=1S/C20H18N4O4S2/c25-17(26)10-23-20-22-9-12(29-20)8-21-18(27)11-5-6-16-14(7-11)24-19(28)13-3-1-2-4-15(13)30-16/h1-7,9,18,21,27H,8,10H2,(H,22,23)(H,24,28)(H,25,26). The number of carbonyl (C=O) groups is 2. The van der Waals surface area contributed by atoms with Crippen LogP contribution in [0.4, 0.5) is 10.8 Å². The lowest BCUT2D eigenvalue weighted by atomic mass is 10.1. The molecule has 2 heterocycles. The summed E-state index contributed by atoms with van der Waals surface area (Å²) in [6.45, 7) is 0.156. The van der Waals surface area contributed by atoms with E-state index in [1.807, 2.05) is 30.3 Å². The SMILES string of the molecule is O=C(O)CNc1ncc(CNC(O)c2ccc3c(c2)NC(=O)c2ccccc2S3)s1. The number of anilines is 2. The number of nitrogens with one attached hydrogen (secondary N) is 3. The van der Waals surface area contributed by atoms with E-state index < -0.39 is 12.2 Å². The number of thiazole rings is 1. The second-order valence-corrected chi connectivity index (χ2v) is 8.67. The minimum Gasteiger partial charge on any atom is -0.480 e. The van der Waals surface area contributed by atoms with Crippen LogP contribution in [0.1, 0.15) is 27.0 Å². The van der Waals surface area contributed by atoms with Gasteiger partial charge in [0, 0.05) is 27.4 Å². The number of aliphatic carboxylic acids is 1. The number of aliphatic hydroxyl groups excluding tert-OH is 1. The average molecular weight is 443 g/mol. The number of hydrogen-bond donors (Lipinski definition) is 5. The van der Waals surface area contributed by atoms with Gasteiger partial charge < -0.3 is 20.8 Å². The third-order valence-corrected chi connectivity index (χ3v) is 6.44. The molecule has 1 amide bonds. The Hall–Kier alpha value is -2.92. The summed E-state index contributed by atoms with van der Waals surface area (Å²) in [4.78, 5) is 29.8. The van der Waals surface area contributed by atoms with Crippen LogP contribution in [0.25, 0.3) is 0 Å². The molecule has 0 saturated carbocycles. The Balaban J connectivity index is 1.42. The van der Waals surface area contributed by atoms with Gasteiger partial charge in [0.2, 0.25) is 0 Å². The van der Waals surface area contributed by atoms with E-state index in [0.717, 1.165) is 14.7 Å². The fraction of sp³-hybridized carbons (Fsp3) is 0.150. The van der Waals surface area contributed by atoms with Crippen molar-refractivity contribution in [1.82, 2.24) is 10.3 Å². The van der Waals surface area contributed by atoms with E-state index in [1.54, 1.807) is 18.3 Å². The molecule has 0 radical (unpaired) electrons. The fourth-order valence-electron chi connectivity index (χ4n) is 2.89. The minimum atomic E-state index is -0.961. The first-order chi connectivity index (χ1) is 14.5. The fourth-order valence-corrected chi connectivity index (χ4v) is 4.66. The summed E-state index contributed by atoms with van der Waals surface area (Å²) in [7, 11) is 0. The molecule has 4 rings (SSSR count). The number of hydrogen-bond acceptors (Lipinski definition) is 8. The van der Waals surface area contributed by atoms with Gasteiger partial charge in [0.25, 0.3) is 5.91 Å². The molecule has 10 heteroatoms. The second kappa shape index (κ2) is 8.84. The quantitative estimate of drug-likeness (QED) is 0.354. The first kappa shape index (κ1) is 20.4. The smallest absolute Gasteiger partial charge is 0.322 e. The average Bonchev–Trinajstić information content (AvgIpc) is 3.14. The maximum atomic E-state index is 12.5. The zero-order valence-electron chi connectivity index (χ0n) is 15.6. The number of carboxylic acids is 1. The summed E-state index contributed by atoms with van der Waals surface area (Å²) in [5.74, 6) is -1.14. The first-order valence-corrected chi connectivity index (χ1v) is 10.7. The maximum absolute atomic E-state index is 12.5. The van der Waals surface area contributed by atoms with Crippen LogP contribution in [0, 0.1) is 0 Å². The maximum Gasteiger partial charge on any atom is 0.322 e. The van der Waals surface area contributed by atoms with Crippen molar-refractivity contribution < 1.29 is 19.8 Å². The summed E-state index contributed by atoms with van der Waals surface area (Å²) >= 11 is 2.82. The molecule has 30 heavy (non-hydrogen) atoms. The Kier molecular flexibility index (Phi) is 6.00. The molecule has 0 saturated heterocycles. The predicted molar refractivity (Wildman–Crippen MR) is 115 cm³/mol. The topological polar surface area (TPSA) is 124 Å². The molecule has 154 valence electrons. The molecule has 1 atom stereocenters. The van der Waals surface area contributed by atoms with Gasteiger partial charge >= 0.3 is 5.97 Å². The normalized spacial score (nSPS) is 13.6. The van der Waals surface area contributed by atoms with Gasteiger partial charge in [0.1, 0.15) is 12.8 Å². The number of aliphatic hydroxyl groups is 1. The molecule has 1 unspecified atom stereocenters. The molecule has 2 aromatic carbocycles. The summed E-state index contributed by atoms with van der Waals surface area (Å²) in [6, 6.07) is 12.9. The Morgan fingerprint density at radius 2 is 2.03 bits per heavy atom. The molecule has 1 aliphatic rings. The highest BCUT2D eigenvalue weighted by Gasteiger charge is 2.20. The van der Waals surface area contributed by atoms with Crippen LogP contribution in [-0.2, 0) is 11.3 Å². The van der Waals surface area contributed by atoms with E-state index >= 15 is 0 Å². The van der Waals surface area contributed by atoms with E-state index in [4.69, 9.17) is 5.11 Å². The van der Waals surface area contributed by atoms with E-state index in [2.05, 4.69) is 20.9 Å². The molecule has 1 aromatic heterocycles. The van der Waals surface area contributed by atoms with Crippen LogP contribution in [-0.4, -0.2) is 33.6 Å². The molecule has 1 aliphatic heterocycles. The van der Waals surface area contributed by atoms with Crippen molar-refractivity contribution >= 4 is 45.8 Å². The molecular formula is C20H18N4O4S2.